The van der Waals surface area contributed by atoms with E-state index in [9.17, 15) is 4.79 Å². The molecule has 1 amide bonds. The van der Waals surface area contributed by atoms with Gasteiger partial charge in [0.2, 0.25) is 5.91 Å². The summed E-state index contributed by atoms with van der Waals surface area (Å²) in [5.74, 6) is 0.450. The summed E-state index contributed by atoms with van der Waals surface area (Å²) in [5, 5.41) is 0. The average molecular weight is 183 g/mol. The third-order valence-corrected chi connectivity index (χ3v) is 2.39. The van der Waals surface area contributed by atoms with E-state index in [1.54, 1.807) is 0 Å². The minimum absolute atomic E-state index is 0.0157. The molecule has 0 aromatic carbocycles. The first-order valence-corrected chi connectivity index (χ1v) is 4.67. The zero-order chi connectivity index (χ0) is 9.84. The topological polar surface area (TPSA) is 29.5 Å². The van der Waals surface area contributed by atoms with E-state index in [0.717, 1.165) is 0 Å². The van der Waals surface area contributed by atoms with Gasteiger partial charge < -0.3 is 9.64 Å². The van der Waals surface area contributed by atoms with Gasteiger partial charge in [-0.1, -0.05) is 20.4 Å². The van der Waals surface area contributed by atoms with Crippen LogP contribution in [-0.2, 0) is 9.53 Å². The van der Waals surface area contributed by atoms with E-state index in [-0.39, 0.29) is 11.9 Å². The van der Waals surface area contributed by atoms with Gasteiger partial charge in [-0.25, -0.2) is 0 Å². The maximum Gasteiger partial charge on any atom is 0.246 e. The monoisotopic (exact) mass is 183 g/mol. The molecule has 0 spiro atoms. The highest BCUT2D eigenvalue weighted by molar-refractivity contribution is 5.87. The molecule has 0 N–H and O–H groups in total. The molecule has 0 aromatic rings. The summed E-state index contributed by atoms with van der Waals surface area (Å²) < 4.78 is 5.34. The number of ether oxygens (including phenoxy) is 1. The summed E-state index contributed by atoms with van der Waals surface area (Å²) in [7, 11) is 0. The van der Waals surface area contributed by atoms with Crippen molar-refractivity contribution in [2.24, 2.45) is 5.92 Å². The van der Waals surface area contributed by atoms with Crippen molar-refractivity contribution >= 4 is 5.91 Å². The summed E-state index contributed by atoms with van der Waals surface area (Å²) in [6.45, 7) is 9.68. The molecule has 1 fully saturated rings. The molecule has 0 bridgehead atoms. The van der Waals surface area contributed by atoms with E-state index >= 15 is 0 Å². The Hall–Kier alpha value is -0.830. The molecule has 1 atom stereocenters. The van der Waals surface area contributed by atoms with Crippen LogP contribution in [-0.4, -0.2) is 36.6 Å². The second kappa shape index (κ2) is 4.42. The average Bonchev–Trinajstić information content (AvgIpc) is 2.16. The van der Waals surface area contributed by atoms with Crippen molar-refractivity contribution in [2.75, 3.05) is 19.8 Å². The number of carbonyl (C=O) groups excluding carboxylic acids is 1. The Morgan fingerprint density at radius 3 is 2.92 bits per heavy atom. The lowest BCUT2D eigenvalue weighted by molar-refractivity contribution is -0.136. The highest BCUT2D eigenvalue weighted by atomic mass is 16.5. The van der Waals surface area contributed by atoms with Crippen LogP contribution < -0.4 is 0 Å². The first kappa shape index (κ1) is 10.3. The van der Waals surface area contributed by atoms with Gasteiger partial charge in [-0.15, -0.1) is 0 Å². The maximum atomic E-state index is 11.4. The van der Waals surface area contributed by atoms with E-state index in [2.05, 4.69) is 20.4 Å². The van der Waals surface area contributed by atoms with Crippen LogP contribution in [0.1, 0.15) is 13.8 Å². The first-order chi connectivity index (χ1) is 6.16. The lowest BCUT2D eigenvalue weighted by Crippen LogP contribution is -2.50. The molecule has 1 aliphatic heterocycles. The third-order valence-electron chi connectivity index (χ3n) is 2.39. The molecular weight excluding hydrogens is 166 g/mol. The van der Waals surface area contributed by atoms with Gasteiger partial charge in [0, 0.05) is 6.54 Å². The molecule has 0 radical (unpaired) electrons. The molecule has 13 heavy (non-hydrogen) atoms. The predicted octanol–water partition coefficient (Wildman–Crippen LogP) is 1.06. The fourth-order valence-corrected chi connectivity index (χ4v) is 1.57. The summed E-state index contributed by atoms with van der Waals surface area (Å²) in [6.07, 6.45) is 1.38. The minimum Gasteiger partial charge on any atom is -0.377 e. The number of amides is 1. The molecule has 1 aliphatic rings. The van der Waals surface area contributed by atoms with Crippen LogP contribution in [0.3, 0.4) is 0 Å². The molecule has 0 saturated carbocycles. The fraction of sp³-hybridized carbons (Fsp3) is 0.700. The van der Waals surface area contributed by atoms with Crippen molar-refractivity contribution in [2.45, 2.75) is 19.9 Å². The first-order valence-electron chi connectivity index (χ1n) is 4.67. The second-order valence-electron chi connectivity index (χ2n) is 3.62. The smallest absolute Gasteiger partial charge is 0.246 e. The van der Waals surface area contributed by atoms with Gasteiger partial charge >= 0.3 is 0 Å². The molecular formula is C10H17NO2. The molecule has 74 valence electrons. The Morgan fingerprint density at radius 2 is 2.38 bits per heavy atom. The molecule has 0 aliphatic carbocycles. The van der Waals surface area contributed by atoms with E-state index in [1.807, 2.05) is 4.90 Å². The molecule has 3 heteroatoms. The van der Waals surface area contributed by atoms with Crippen LogP contribution in [0, 0.1) is 5.92 Å². The van der Waals surface area contributed by atoms with E-state index in [0.29, 0.717) is 25.7 Å². The Kier molecular flexibility index (Phi) is 3.48. The predicted molar refractivity (Wildman–Crippen MR) is 51.4 cm³/mol. The van der Waals surface area contributed by atoms with E-state index in [4.69, 9.17) is 4.74 Å². The van der Waals surface area contributed by atoms with Crippen molar-refractivity contribution < 1.29 is 9.53 Å². The van der Waals surface area contributed by atoms with Crippen molar-refractivity contribution in [3.05, 3.63) is 12.7 Å². The number of nitrogens with zero attached hydrogens (tertiary/aromatic N) is 1. The van der Waals surface area contributed by atoms with Crippen LogP contribution in [0.25, 0.3) is 0 Å². The largest absolute Gasteiger partial charge is 0.377 e. The molecule has 0 aromatic heterocycles. The fourth-order valence-electron chi connectivity index (χ4n) is 1.57. The highest BCUT2D eigenvalue weighted by Gasteiger charge is 2.27. The normalized spacial score (nSPS) is 23.3. The zero-order valence-corrected chi connectivity index (χ0v) is 8.32. The van der Waals surface area contributed by atoms with Crippen LogP contribution in [0.4, 0.5) is 0 Å². The van der Waals surface area contributed by atoms with Crippen LogP contribution in [0.5, 0.6) is 0 Å². The van der Waals surface area contributed by atoms with Crippen molar-refractivity contribution in [3.63, 3.8) is 0 Å². The molecule has 1 unspecified atom stereocenters. The standard InChI is InChI=1S/C10H17NO2/c1-4-10(12)11-5-6-13-7-9(11)8(2)3/h4,8-9H,1,5-7H2,2-3H3. The second-order valence-corrected chi connectivity index (χ2v) is 3.62. The van der Waals surface area contributed by atoms with Gasteiger partial charge in [-0.05, 0) is 12.0 Å². The SMILES string of the molecule is C=CC(=O)N1CCOCC1C(C)C. The molecule has 1 saturated heterocycles. The van der Waals surface area contributed by atoms with E-state index in [1.165, 1.54) is 6.08 Å². The van der Waals surface area contributed by atoms with Gasteiger partial charge in [0.25, 0.3) is 0 Å². The van der Waals surface area contributed by atoms with Gasteiger partial charge in [0.15, 0.2) is 0 Å². The summed E-state index contributed by atoms with van der Waals surface area (Å²) >= 11 is 0. The number of morpholine rings is 1. The number of hydrogen-bond donors (Lipinski definition) is 0. The van der Waals surface area contributed by atoms with E-state index < -0.39 is 0 Å². The quantitative estimate of drug-likeness (QED) is 0.599. The summed E-state index contributed by atoms with van der Waals surface area (Å²) in [4.78, 5) is 13.3. The highest BCUT2D eigenvalue weighted by Crippen LogP contribution is 2.15. The van der Waals surface area contributed by atoms with Gasteiger partial charge in [0.1, 0.15) is 0 Å². The summed E-state index contributed by atoms with van der Waals surface area (Å²) in [5.41, 5.74) is 0. The lowest BCUT2D eigenvalue weighted by atomic mass is 10.0. The lowest BCUT2D eigenvalue weighted by Gasteiger charge is -2.37. The Bertz CT molecular complexity index is 201. The minimum atomic E-state index is 0.0157. The molecule has 1 rings (SSSR count). The Balaban J connectivity index is 2.66. The maximum absolute atomic E-state index is 11.4. The zero-order valence-electron chi connectivity index (χ0n) is 8.32. The van der Waals surface area contributed by atoms with Gasteiger partial charge in [0.05, 0.1) is 19.3 Å². The molecule has 3 nitrogen and oxygen atoms in total. The Labute approximate surface area is 79.4 Å². The summed E-state index contributed by atoms with van der Waals surface area (Å²) in [6, 6.07) is 0.208. The third kappa shape index (κ3) is 2.31. The van der Waals surface area contributed by atoms with Crippen molar-refractivity contribution in [3.8, 4) is 0 Å². The number of carbonyl (C=O) groups is 1. The van der Waals surface area contributed by atoms with Crippen LogP contribution >= 0.6 is 0 Å². The van der Waals surface area contributed by atoms with Crippen molar-refractivity contribution in [1.29, 1.82) is 0 Å². The van der Waals surface area contributed by atoms with Crippen LogP contribution in [0.2, 0.25) is 0 Å². The van der Waals surface area contributed by atoms with Crippen LogP contribution in [0.15, 0.2) is 12.7 Å². The Morgan fingerprint density at radius 1 is 1.69 bits per heavy atom. The van der Waals surface area contributed by atoms with Crippen molar-refractivity contribution in [1.82, 2.24) is 4.90 Å². The number of hydrogen-bond acceptors (Lipinski definition) is 2. The van der Waals surface area contributed by atoms with Gasteiger partial charge in [-0.2, -0.15) is 0 Å². The van der Waals surface area contributed by atoms with Gasteiger partial charge in [-0.3, -0.25) is 4.79 Å². The number of rotatable bonds is 2. The molecule has 1 heterocycles.